The van der Waals surface area contributed by atoms with Crippen LogP contribution >= 0.6 is 0 Å². The van der Waals surface area contributed by atoms with E-state index >= 15 is 0 Å². The summed E-state index contributed by atoms with van der Waals surface area (Å²) in [6.45, 7) is 2.22. The first-order valence-electron chi connectivity index (χ1n) is 7.48. The zero-order valence-corrected chi connectivity index (χ0v) is 13.0. The van der Waals surface area contributed by atoms with Gasteiger partial charge in [-0.1, -0.05) is 0 Å². The summed E-state index contributed by atoms with van der Waals surface area (Å²) in [5, 5.41) is 5.10. The average Bonchev–Trinajstić information content (AvgIpc) is 2.65. The van der Waals surface area contributed by atoms with Crippen molar-refractivity contribution in [2.45, 2.75) is 43.8 Å². The average molecular weight is 334 g/mol. The number of hydrogen-bond acceptors (Lipinski definition) is 5. The molecule has 9 nitrogen and oxygen atoms in total. The van der Waals surface area contributed by atoms with Gasteiger partial charge in [-0.15, -0.1) is 0 Å². The van der Waals surface area contributed by atoms with Crippen LogP contribution in [0.5, 0.6) is 0 Å². The Morgan fingerprint density at radius 3 is 2.73 bits per heavy atom. The lowest BCUT2D eigenvalue weighted by atomic mass is 10.1. The number of nitrogens with one attached hydrogen (secondary N) is 2. The summed E-state index contributed by atoms with van der Waals surface area (Å²) in [5.74, 6) is 0. The summed E-state index contributed by atoms with van der Waals surface area (Å²) >= 11 is 0. The molecule has 4 N–H and O–H groups in total. The first kappa shape index (κ1) is 17.1. The second kappa shape index (κ2) is 7.36. The largest absolute Gasteiger partial charge is 0.735 e. The highest BCUT2D eigenvalue weighted by atomic mass is 32.2. The molecule has 2 aliphatic heterocycles. The lowest BCUT2D eigenvalue weighted by Crippen LogP contribution is -2.84. The van der Waals surface area contributed by atoms with Crippen molar-refractivity contribution in [3.63, 3.8) is 0 Å². The Morgan fingerprint density at radius 2 is 2.05 bits per heavy atom. The van der Waals surface area contributed by atoms with E-state index in [0.717, 1.165) is 32.4 Å². The molecular formula is C12H22N4O5S. The summed E-state index contributed by atoms with van der Waals surface area (Å²) in [6.07, 6.45) is 3.52. The summed E-state index contributed by atoms with van der Waals surface area (Å²) in [5.41, 5.74) is 0. The molecule has 0 aromatic heterocycles. The number of nitrogens with two attached hydrogens (primary N) is 1. The number of hydrogen-bond donors (Lipinski definition) is 3. The molecule has 0 aliphatic carbocycles. The zero-order valence-electron chi connectivity index (χ0n) is 12.2. The van der Waals surface area contributed by atoms with Crippen LogP contribution in [0, 0.1) is 0 Å². The fourth-order valence-electron chi connectivity index (χ4n) is 3.05. The normalized spacial score (nSPS) is 29.9. The molecule has 3 atom stereocenters. The molecule has 0 aromatic carbocycles. The van der Waals surface area contributed by atoms with Crippen LogP contribution in [-0.4, -0.2) is 67.9 Å². The summed E-state index contributed by atoms with van der Waals surface area (Å²) in [4.78, 5) is 24.8. The number of carbonyl (C=O) groups excluding carboxylic acids is 2. The zero-order chi connectivity index (χ0) is 16.2. The van der Waals surface area contributed by atoms with Gasteiger partial charge >= 0.3 is 6.03 Å². The lowest BCUT2D eigenvalue weighted by molar-refractivity contribution is -0.653. The third kappa shape index (κ3) is 4.63. The van der Waals surface area contributed by atoms with E-state index in [2.05, 4.69) is 10.6 Å². The number of aldehydes is 1. The summed E-state index contributed by atoms with van der Waals surface area (Å²) in [7, 11) is -4.65. The molecule has 2 heterocycles. The van der Waals surface area contributed by atoms with Crippen LogP contribution in [0.15, 0.2) is 0 Å². The van der Waals surface area contributed by atoms with Gasteiger partial charge in [0, 0.05) is 25.0 Å². The molecule has 22 heavy (non-hydrogen) atoms. The van der Waals surface area contributed by atoms with Crippen LogP contribution < -0.4 is 15.4 Å². The van der Waals surface area contributed by atoms with Gasteiger partial charge < -0.3 is 24.9 Å². The molecule has 2 amide bonds. The second-order valence-electron chi connectivity index (χ2n) is 5.73. The maximum Gasteiger partial charge on any atom is 0.318 e. The standard InChI is InChI=1S/C12H22N4O5S/c17-8-11-10(15-22(19,20)21)4-7-16(11)12(18)14-9-2-1-5-13-6-3-9/h8-11,13,15H,1-7H2,(H,14,18)(H,19,20,21)/t9-,10+,11+/m0/s1. The molecule has 0 spiro atoms. The Balaban J connectivity index is 1.95. The molecule has 0 unspecified atom stereocenters. The maximum atomic E-state index is 12.3. The maximum absolute atomic E-state index is 12.3. The third-order valence-electron chi connectivity index (χ3n) is 4.16. The van der Waals surface area contributed by atoms with Crippen LogP contribution in [0.2, 0.25) is 0 Å². The smallest absolute Gasteiger partial charge is 0.318 e. The summed E-state index contributed by atoms with van der Waals surface area (Å²) < 4.78 is 34.2. The van der Waals surface area contributed by atoms with E-state index in [4.69, 9.17) is 0 Å². The fourth-order valence-corrected chi connectivity index (χ4v) is 3.68. The molecule has 0 bridgehead atoms. The highest BCUT2D eigenvalue weighted by molar-refractivity contribution is 7.83. The molecular weight excluding hydrogens is 312 g/mol. The van der Waals surface area contributed by atoms with Gasteiger partial charge in [-0.25, -0.2) is 17.9 Å². The first-order valence-corrected chi connectivity index (χ1v) is 8.89. The molecule has 10 heteroatoms. The van der Waals surface area contributed by atoms with Crippen LogP contribution in [0.1, 0.15) is 25.7 Å². The predicted molar refractivity (Wildman–Crippen MR) is 75.6 cm³/mol. The van der Waals surface area contributed by atoms with E-state index in [9.17, 15) is 22.6 Å². The minimum atomic E-state index is -4.65. The van der Waals surface area contributed by atoms with Gasteiger partial charge in [-0.2, -0.15) is 0 Å². The van der Waals surface area contributed by atoms with Crippen LogP contribution in [0.4, 0.5) is 4.79 Å². The van der Waals surface area contributed by atoms with Gasteiger partial charge in [0.05, 0.1) is 13.1 Å². The molecule has 0 saturated carbocycles. The van der Waals surface area contributed by atoms with Crippen molar-refractivity contribution in [1.29, 1.82) is 0 Å². The Morgan fingerprint density at radius 1 is 1.27 bits per heavy atom. The Hall–Kier alpha value is -1.23. The van der Waals surface area contributed by atoms with E-state index in [0.29, 0.717) is 6.29 Å². The molecule has 126 valence electrons. The first-order chi connectivity index (χ1) is 10.4. The van der Waals surface area contributed by atoms with Crippen molar-refractivity contribution in [2.75, 3.05) is 19.6 Å². The van der Waals surface area contributed by atoms with Crippen molar-refractivity contribution in [1.82, 2.24) is 14.9 Å². The quantitative estimate of drug-likeness (QED) is 0.386. The van der Waals surface area contributed by atoms with Gasteiger partial charge in [-0.3, -0.25) is 0 Å². The van der Waals surface area contributed by atoms with Crippen molar-refractivity contribution in [2.24, 2.45) is 0 Å². The van der Waals surface area contributed by atoms with Crippen LogP contribution in [0.3, 0.4) is 0 Å². The number of likely N-dealkylation sites (tertiary alicyclic amines) is 1. The Kier molecular flexibility index (Phi) is 5.73. The summed E-state index contributed by atoms with van der Waals surface area (Å²) in [6, 6.07) is -2.11. The lowest BCUT2D eigenvalue weighted by Gasteiger charge is -2.27. The van der Waals surface area contributed by atoms with Crippen LogP contribution in [-0.2, 0) is 15.1 Å². The molecule has 2 aliphatic rings. The Labute approximate surface area is 129 Å². The number of urea groups is 1. The topological polar surface area (TPSA) is 135 Å². The van der Waals surface area contributed by atoms with Gasteiger partial charge in [0.25, 0.3) is 0 Å². The van der Waals surface area contributed by atoms with E-state index in [1.807, 2.05) is 4.72 Å². The number of carbonyl (C=O) groups is 2. The van der Waals surface area contributed by atoms with Crippen molar-refractivity contribution in [3.8, 4) is 0 Å². The molecule has 0 radical (unpaired) electrons. The van der Waals surface area contributed by atoms with E-state index < -0.39 is 22.4 Å². The number of quaternary nitrogens is 1. The number of rotatable bonds is 4. The van der Waals surface area contributed by atoms with E-state index in [-0.39, 0.29) is 25.0 Å². The molecule has 2 fully saturated rings. The third-order valence-corrected chi connectivity index (χ3v) is 4.75. The van der Waals surface area contributed by atoms with Gasteiger partial charge in [0.15, 0.2) is 10.3 Å². The van der Waals surface area contributed by atoms with Crippen molar-refractivity contribution in [3.05, 3.63) is 0 Å². The van der Waals surface area contributed by atoms with Crippen LogP contribution in [0.25, 0.3) is 0 Å². The molecule has 2 saturated heterocycles. The predicted octanol–water partition coefficient (Wildman–Crippen LogP) is -2.50. The van der Waals surface area contributed by atoms with E-state index in [1.54, 1.807) is 0 Å². The number of amides is 2. The Bertz CT molecular complexity index is 504. The fraction of sp³-hybridized carbons (Fsp3) is 0.833. The van der Waals surface area contributed by atoms with Crippen molar-refractivity contribution >= 4 is 22.6 Å². The number of nitrogens with zero attached hydrogens (tertiary/aromatic N) is 1. The van der Waals surface area contributed by atoms with Crippen molar-refractivity contribution < 1.29 is 27.9 Å². The monoisotopic (exact) mass is 334 g/mol. The highest BCUT2D eigenvalue weighted by Gasteiger charge is 2.38. The minimum absolute atomic E-state index is 0.0637. The second-order valence-corrected chi connectivity index (χ2v) is 6.87. The molecule has 2 rings (SSSR count). The van der Waals surface area contributed by atoms with Gasteiger partial charge in [0.1, 0.15) is 12.3 Å². The van der Waals surface area contributed by atoms with Gasteiger partial charge in [-0.05, 0) is 19.3 Å². The minimum Gasteiger partial charge on any atom is -0.735 e. The highest BCUT2D eigenvalue weighted by Crippen LogP contribution is 2.18. The SMILES string of the molecule is O=C[C@@H]1[C@H](NS(=O)(=O)[O-])CCN1C(=O)N[C@H]1CCC[NH2+]CC1. The molecule has 0 aromatic rings. The van der Waals surface area contributed by atoms with E-state index in [1.165, 1.54) is 4.90 Å². The van der Waals surface area contributed by atoms with Gasteiger partial charge in [0.2, 0.25) is 0 Å².